The number of halogens is 1. The van der Waals surface area contributed by atoms with Gasteiger partial charge in [0.2, 0.25) is 0 Å². The number of likely N-dealkylation sites (tertiary alicyclic amines) is 1. The van der Waals surface area contributed by atoms with Gasteiger partial charge in [-0.05, 0) is 38.9 Å². The molecule has 1 aromatic rings. The molecule has 1 aliphatic heterocycles. The molecule has 4 nitrogen and oxygen atoms in total. The zero-order valence-corrected chi connectivity index (χ0v) is 13.9. The summed E-state index contributed by atoms with van der Waals surface area (Å²) in [6.45, 7) is 9.99. The first-order chi connectivity index (χ1) is 10.1. The largest absolute Gasteiger partial charge is 0.338 e. The van der Waals surface area contributed by atoms with Crippen molar-refractivity contribution in [2.24, 2.45) is 0 Å². The highest BCUT2D eigenvalue weighted by molar-refractivity contribution is 6.33. The second-order valence-electron chi connectivity index (χ2n) is 5.55. The summed E-state index contributed by atoms with van der Waals surface area (Å²) in [6.07, 6.45) is 3.66. The molecule has 0 spiro atoms. The summed E-state index contributed by atoms with van der Waals surface area (Å²) in [5.74, 6) is 0.00509. The zero-order chi connectivity index (χ0) is 15.4. The Labute approximate surface area is 132 Å². The summed E-state index contributed by atoms with van der Waals surface area (Å²) < 4.78 is 0. The SMILES string of the molecule is CCN(CC)C1CCN(C(=O)c2cnc(C)cc2Cl)CC1. The average Bonchev–Trinajstić information content (AvgIpc) is 2.48. The van der Waals surface area contributed by atoms with Gasteiger partial charge in [-0.15, -0.1) is 0 Å². The van der Waals surface area contributed by atoms with Gasteiger partial charge in [-0.3, -0.25) is 9.78 Å². The Hall–Kier alpha value is -1.13. The Morgan fingerprint density at radius 3 is 2.52 bits per heavy atom. The summed E-state index contributed by atoms with van der Waals surface area (Å²) in [6, 6.07) is 2.34. The van der Waals surface area contributed by atoms with Crippen molar-refractivity contribution in [3.05, 3.63) is 28.5 Å². The molecule has 2 rings (SSSR count). The lowest BCUT2D eigenvalue weighted by molar-refractivity contribution is 0.0631. The number of nitrogens with zero attached hydrogens (tertiary/aromatic N) is 3. The van der Waals surface area contributed by atoms with Crippen LogP contribution >= 0.6 is 11.6 Å². The molecule has 0 radical (unpaired) electrons. The molecule has 0 atom stereocenters. The van der Waals surface area contributed by atoms with Crippen LogP contribution in [-0.2, 0) is 0 Å². The van der Waals surface area contributed by atoms with Gasteiger partial charge in [0.25, 0.3) is 5.91 Å². The third kappa shape index (κ3) is 3.74. The van der Waals surface area contributed by atoms with Crippen molar-refractivity contribution in [2.45, 2.75) is 39.7 Å². The number of aromatic nitrogens is 1. The van der Waals surface area contributed by atoms with Gasteiger partial charge in [-0.1, -0.05) is 25.4 Å². The van der Waals surface area contributed by atoms with Gasteiger partial charge in [-0.2, -0.15) is 0 Å². The second-order valence-corrected chi connectivity index (χ2v) is 5.96. The third-order valence-electron chi connectivity index (χ3n) is 4.30. The van der Waals surface area contributed by atoms with E-state index in [2.05, 4.69) is 23.7 Å². The highest BCUT2D eigenvalue weighted by Gasteiger charge is 2.27. The lowest BCUT2D eigenvalue weighted by Gasteiger charge is -2.37. The summed E-state index contributed by atoms with van der Waals surface area (Å²) in [5.41, 5.74) is 1.35. The first kappa shape index (κ1) is 16.2. The minimum atomic E-state index is 0.00509. The summed E-state index contributed by atoms with van der Waals surface area (Å²) in [7, 11) is 0. The van der Waals surface area contributed by atoms with Gasteiger partial charge < -0.3 is 9.80 Å². The molecule has 0 aliphatic carbocycles. The molecule has 0 unspecified atom stereocenters. The maximum absolute atomic E-state index is 12.5. The van der Waals surface area contributed by atoms with E-state index in [1.807, 2.05) is 11.8 Å². The van der Waals surface area contributed by atoms with Gasteiger partial charge in [0.15, 0.2) is 0 Å². The third-order valence-corrected chi connectivity index (χ3v) is 4.61. The fourth-order valence-electron chi connectivity index (χ4n) is 3.03. The molecule has 21 heavy (non-hydrogen) atoms. The van der Waals surface area contributed by atoms with Gasteiger partial charge in [-0.25, -0.2) is 0 Å². The van der Waals surface area contributed by atoms with Crippen molar-refractivity contribution >= 4 is 17.5 Å². The van der Waals surface area contributed by atoms with Crippen LogP contribution in [-0.4, -0.2) is 52.9 Å². The highest BCUT2D eigenvalue weighted by Crippen LogP contribution is 2.22. The zero-order valence-electron chi connectivity index (χ0n) is 13.1. The molecule has 5 heteroatoms. The minimum absolute atomic E-state index is 0.00509. The molecule has 1 aliphatic rings. The van der Waals surface area contributed by atoms with E-state index in [1.165, 1.54) is 0 Å². The number of carbonyl (C=O) groups is 1. The van der Waals surface area contributed by atoms with Crippen LogP contribution < -0.4 is 0 Å². The van der Waals surface area contributed by atoms with Crippen molar-refractivity contribution in [1.29, 1.82) is 0 Å². The summed E-state index contributed by atoms with van der Waals surface area (Å²) in [4.78, 5) is 21.1. The number of hydrogen-bond donors (Lipinski definition) is 0. The van der Waals surface area contributed by atoms with E-state index in [1.54, 1.807) is 12.3 Å². The lowest BCUT2D eigenvalue weighted by Crippen LogP contribution is -2.46. The van der Waals surface area contributed by atoms with Crippen LogP contribution in [0.2, 0.25) is 5.02 Å². The first-order valence-electron chi connectivity index (χ1n) is 7.72. The lowest BCUT2D eigenvalue weighted by atomic mass is 10.0. The number of amides is 1. The smallest absolute Gasteiger partial charge is 0.256 e. The number of aryl methyl sites for hydroxylation is 1. The Morgan fingerprint density at radius 2 is 2.00 bits per heavy atom. The molecule has 1 amide bonds. The van der Waals surface area contributed by atoms with E-state index in [-0.39, 0.29) is 5.91 Å². The standard InChI is InChI=1S/C16H24ClN3O/c1-4-19(5-2)13-6-8-20(9-7-13)16(21)14-11-18-12(3)10-15(14)17/h10-11,13H,4-9H2,1-3H3. The molecule has 1 saturated heterocycles. The predicted molar refractivity (Wildman–Crippen MR) is 85.8 cm³/mol. The van der Waals surface area contributed by atoms with Gasteiger partial charge in [0.05, 0.1) is 10.6 Å². The van der Waals surface area contributed by atoms with Crippen LogP contribution in [0.5, 0.6) is 0 Å². The molecule has 116 valence electrons. The molecule has 2 heterocycles. The molecule has 0 N–H and O–H groups in total. The average molecular weight is 310 g/mol. The highest BCUT2D eigenvalue weighted by atomic mass is 35.5. The number of hydrogen-bond acceptors (Lipinski definition) is 3. The summed E-state index contributed by atoms with van der Waals surface area (Å²) >= 11 is 6.17. The number of piperidine rings is 1. The van der Waals surface area contributed by atoms with Crippen LogP contribution in [0.3, 0.4) is 0 Å². The van der Waals surface area contributed by atoms with E-state index in [0.29, 0.717) is 16.6 Å². The quantitative estimate of drug-likeness (QED) is 0.858. The van der Waals surface area contributed by atoms with E-state index < -0.39 is 0 Å². The van der Waals surface area contributed by atoms with Crippen molar-refractivity contribution in [1.82, 2.24) is 14.8 Å². The van der Waals surface area contributed by atoms with E-state index in [9.17, 15) is 4.79 Å². The van der Waals surface area contributed by atoms with Crippen LogP contribution in [0.15, 0.2) is 12.3 Å². The van der Waals surface area contributed by atoms with E-state index in [4.69, 9.17) is 11.6 Å². The fourth-order valence-corrected chi connectivity index (χ4v) is 3.32. The molecular formula is C16H24ClN3O. The molecule has 0 aromatic carbocycles. The maximum atomic E-state index is 12.5. The van der Waals surface area contributed by atoms with Crippen LogP contribution in [0, 0.1) is 6.92 Å². The number of pyridine rings is 1. The molecule has 1 fully saturated rings. The summed E-state index contributed by atoms with van der Waals surface area (Å²) in [5, 5.41) is 0.498. The van der Waals surface area contributed by atoms with E-state index >= 15 is 0 Å². The van der Waals surface area contributed by atoms with Crippen molar-refractivity contribution < 1.29 is 4.79 Å². The Kier molecular flexibility index (Phi) is 5.59. The Morgan fingerprint density at radius 1 is 1.38 bits per heavy atom. The van der Waals surface area contributed by atoms with Crippen LogP contribution in [0.25, 0.3) is 0 Å². The predicted octanol–water partition coefficient (Wildman–Crippen LogP) is 2.99. The Balaban J connectivity index is 2.00. The van der Waals surface area contributed by atoms with Gasteiger partial charge in [0.1, 0.15) is 0 Å². The Bertz CT molecular complexity index is 494. The van der Waals surface area contributed by atoms with E-state index in [0.717, 1.165) is 44.7 Å². The van der Waals surface area contributed by atoms with Gasteiger partial charge in [0, 0.05) is 31.0 Å². The van der Waals surface area contributed by atoms with Crippen LogP contribution in [0.1, 0.15) is 42.7 Å². The normalized spacial score (nSPS) is 16.5. The second kappa shape index (κ2) is 7.23. The molecule has 1 aromatic heterocycles. The molecule has 0 saturated carbocycles. The minimum Gasteiger partial charge on any atom is -0.338 e. The number of rotatable bonds is 4. The van der Waals surface area contributed by atoms with Crippen LogP contribution in [0.4, 0.5) is 0 Å². The van der Waals surface area contributed by atoms with Crippen molar-refractivity contribution in [2.75, 3.05) is 26.2 Å². The topological polar surface area (TPSA) is 36.4 Å². The van der Waals surface area contributed by atoms with Crippen molar-refractivity contribution in [3.8, 4) is 0 Å². The molecule has 0 bridgehead atoms. The molecular weight excluding hydrogens is 286 g/mol. The monoisotopic (exact) mass is 309 g/mol. The van der Waals surface area contributed by atoms with Crippen molar-refractivity contribution in [3.63, 3.8) is 0 Å². The van der Waals surface area contributed by atoms with Gasteiger partial charge >= 0.3 is 0 Å². The first-order valence-corrected chi connectivity index (χ1v) is 8.10. The fraction of sp³-hybridized carbons (Fsp3) is 0.625. The number of carbonyl (C=O) groups excluding carboxylic acids is 1. The maximum Gasteiger partial charge on any atom is 0.256 e.